The van der Waals surface area contributed by atoms with E-state index in [1.807, 2.05) is 0 Å². The van der Waals surface area contributed by atoms with Crippen LogP contribution >= 0.6 is 0 Å². The molecule has 0 radical (unpaired) electrons. The lowest BCUT2D eigenvalue weighted by molar-refractivity contribution is 0.494. The molecule has 0 aliphatic carbocycles. The molecule has 0 bridgehead atoms. The normalized spacial score (nSPS) is 15.3. The molecule has 0 amide bonds. The highest BCUT2D eigenvalue weighted by atomic mass is 14.5. The Hall–Kier alpha value is -0.820. The van der Waals surface area contributed by atoms with Gasteiger partial charge in [0.25, 0.3) is 0 Å². The highest BCUT2D eigenvalue weighted by Crippen LogP contribution is 2.22. The fourth-order valence-electron chi connectivity index (χ4n) is 1.62. The minimum atomic E-state index is 0.621. The summed E-state index contributed by atoms with van der Waals surface area (Å²) < 4.78 is 0. The third-order valence-corrected chi connectivity index (χ3v) is 2.53. The van der Waals surface area contributed by atoms with Gasteiger partial charge in [-0.05, 0) is 30.4 Å². The van der Waals surface area contributed by atoms with Gasteiger partial charge < -0.3 is 5.73 Å². The molecule has 1 aromatic rings. The molecule has 0 aliphatic rings. The molecule has 1 heteroatoms. The van der Waals surface area contributed by atoms with Crippen LogP contribution in [0.15, 0.2) is 30.3 Å². The van der Waals surface area contributed by atoms with Crippen LogP contribution in [-0.4, -0.2) is 6.54 Å². The SMILES string of the molecule is CC(C[C@@H](C)CN)c1ccccc1. The summed E-state index contributed by atoms with van der Waals surface area (Å²) in [7, 11) is 0. The molecular formula is C12H19N. The van der Waals surface area contributed by atoms with Crippen LogP contribution in [0.5, 0.6) is 0 Å². The predicted molar refractivity (Wildman–Crippen MR) is 57.7 cm³/mol. The smallest absolute Gasteiger partial charge is 0.00513 e. The quantitative estimate of drug-likeness (QED) is 0.752. The zero-order valence-corrected chi connectivity index (χ0v) is 8.53. The molecule has 0 saturated heterocycles. The zero-order chi connectivity index (χ0) is 9.68. The first kappa shape index (κ1) is 10.3. The fraction of sp³-hybridized carbons (Fsp3) is 0.500. The molecule has 72 valence electrons. The highest BCUT2D eigenvalue weighted by molar-refractivity contribution is 5.18. The van der Waals surface area contributed by atoms with Crippen LogP contribution in [0.1, 0.15) is 31.7 Å². The minimum absolute atomic E-state index is 0.621. The maximum absolute atomic E-state index is 5.60. The second-order valence-corrected chi connectivity index (χ2v) is 3.89. The van der Waals surface area contributed by atoms with E-state index in [0.717, 1.165) is 6.54 Å². The van der Waals surface area contributed by atoms with Gasteiger partial charge in [-0.25, -0.2) is 0 Å². The first-order valence-corrected chi connectivity index (χ1v) is 4.99. The molecule has 1 aromatic carbocycles. The first-order valence-electron chi connectivity index (χ1n) is 4.99. The fourth-order valence-corrected chi connectivity index (χ4v) is 1.62. The van der Waals surface area contributed by atoms with Gasteiger partial charge in [0.15, 0.2) is 0 Å². The highest BCUT2D eigenvalue weighted by Gasteiger charge is 2.08. The molecule has 1 nitrogen and oxygen atoms in total. The Morgan fingerprint density at radius 3 is 2.31 bits per heavy atom. The molecule has 1 unspecified atom stereocenters. The molecule has 13 heavy (non-hydrogen) atoms. The summed E-state index contributed by atoms with van der Waals surface area (Å²) in [6, 6.07) is 10.6. The van der Waals surface area contributed by atoms with Gasteiger partial charge in [0.1, 0.15) is 0 Å². The van der Waals surface area contributed by atoms with Crippen LogP contribution in [0, 0.1) is 5.92 Å². The summed E-state index contributed by atoms with van der Waals surface area (Å²) in [6.45, 7) is 5.26. The Morgan fingerprint density at radius 2 is 1.77 bits per heavy atom. The molecule has 2 N–H and O–H groups in total. The maximum Gasteiger partial charge on any atom is -0.00513 e. The van der Waals surface area contributed by atoms with Gasteiger partial charge >= 0.3 is 0 Å². The van der Waals surface area contributed by atoms with Crippen molar-refractivity contribution in [2.24, 2.45) is 11.7 Å². The van der Waals surface area contributed by atoms with Crippen LogP contribution in [0.4, 0.5) is 0 Å². The van der Waals surface area contributed by atoms with Gasteiger partial charge in [0, 0.05) is 0 Å². The number of hydrogen-bond donors (Lipinski definition) is 1. The van der Waals surface area contributed by atoms with E-state index < -0.39 is 0 Å². The average molecular weight is 177 g/mol. The van der Waals surface area contributed by atoms with Gasteiger partial charge in [-0.3, -0.25) is 0 Å². The standard InChI is InChI=1S/C12H19N/c1-10(9-13)8-11(2)12-6-4-3-5-7-12/h3-7,10-11H,8-9,13H2,1-2H3/t10-,11?/m1/s1. The van der Waals surface area contributed by atoms with E-state index in [9.17, 15) is 0 Å². The largest absolute Gasteiger partial charge is 0.330 e. The van der Waals surface area contributed by atoms with E-state index in [4.69, 9.17) is 5.73 Å². The van der Waals surface area contributed by atoms with E-state index in [1.165, 1.54) is 12.0 Å². The molecular weight excluding hydrogens is 158 g/mol. The minimum Gasteiger partial charge on any atom is -0.330 e. The summed E-state index contributed by atoms with van der Waals surface area (Å²) in [6.07, 6.45) is 1.18. The zero-order valence-electron chi connectivity index (χ0n) is 8.53. The van der Waals surface area contributed by atoms with E-state index in [-0.39, 0.29) is 0 Å². The van der Waals surface area contributed by atoms with Crippen molar-refractivity contribution in [3.8, 4) is 0 Å². The van der Waals surface area contributed by atoms with Crippen LogP contribution in [0.2, 0.25) is 0 Å². The van der Waals surface area contributed by atoms with Gasteiger partial charge in [-0.1, -0.05) is 44.2 Å². The molecule has 0 aromatic heterocycles. The van der Waals surface area contributed by atoms with Crippen molar-refractivity contribution < 1.29 is 0 Å². The van der Waals surface area contributed by atoms with E-state index >= 15 is 0 Å². The number of rotatable bonds is 4. The van der Waals surface area contributed by atoms with Crippen LogP contribution < -0.4 is 5.73 Å². The van der Waals surface area contributed by atoms with Crippen molar-refractivity contribution in [2.45, 2.75) is 26.2 Å². The van der Waals surface area contributed by atoms with Crippen molar-refractivity contribution in [1.29, 1.82) is 0 Å². The molecule has 2 atom stereocenters. The van der Waals surface area contributed by atoms with E-state index in [0.29, 0.717) is 11.8 Å². The average Bonchev–Trinajstić information content (AvgIpc) is 2.19. The Labute approximate surface area is 81.0 Å². The summed E-state index contributed by atoms with van der Waals surface area (Å²) in [4.78, 5) is 0. The van der Waals surface area contributed by atoms with Crippen LogP contribution in [-0.2, 0) is 0 Å². The van der Waals surface area contributed by atoms with Crippen molar-refractivity contribution in [3.63, 3.8) is 0 Å². The number of benzene rings is 1. The topological polar surface area (TPSA) is 26.0 Å². The van der Waals surface area contributed by atoms with Crippen LogP contribution in [0.3, 0.4) is 0 Å². The number of nitrogens with two attached hydrogens (primary N) is 1. The third kappa shape index (κ3) is 3.19. The molecule has 0 heterocycles. The Kier molecular flexibility index (Phi) is 3.97. The summed E-state index contributed by atoms with van der Waals surface area (Å²) in [5, 5.41) is 0. The molecule has 0 spiro atoms. The monoisotopic (exact) mass is 177 g/mol. The Morgan fingerprint density at radius 1 is 1.15 bits per heavy atom. The van der Waals surface area contributed by atoms with Gasteiger partial charge in [0.05, 0.1) is 0 Å². The maximum atomic E-state index is 5.60. The molecule has 1 rings (SSSR count). The lowest BCUT2D eigenvalue weighted by Crippen LogP contribution is -2.13. The first-order chi connectivity index (χ1) is 6.24. The number of hydrogen-bond acceptors (Lipinski definition) is 1. The van der Waals surface area contributed by atoms with Gasteiger partial charge in [0.2, 0.25) is 0 Å². The van der Waals surface area contributed by atoms with E-state index in [2.05, 4.69) is 44.2 Å². The van der Waals surface area contributed by atoms with E-state index in [1.54, 1.807) is 0 Å². The second-order valence-electron chi connectivity index (χ2n) is 3.89. The second kappa shape index (κ2) is 5.03. The Balaban J connectivity index is 2.53. The summed E-state index contributed by atoms with van der Waals surface area (Å²) in [5.41, 5.74) is 7.02. The van der Waals surface area contributed by atoms with Crippen molar-refractivity contribution >= 4 is 0 Å². The lowest BCUT2D eigenvalue weighted by Gasteiger charge is -2.15. The van der Waals surface area contributed by atoms with Crippen LogP contribution in [0.25, 0.3) is 0 Å². The third-order valence-electron chi connectivity index (χ3n) is 2.53. The molecule has 0 saturated carbocycles. The Bertz CT molecular complexity index is 230. The van der Waals surface area contributed by atoms with Gasteiger partial charge in [-0.2, -0.15) is 0 Å². The van der Waals surface area contributed by atoms with Crippen molar-refractivity contribution in [1.82, 2.24) is 0 Å². The predicted octanol–water partition coefficient (Wildman–Crippen LogP) is 2.78. The molecule has 0 fully saturated rings. The lowest BCUT2D eigenvalue weighted by atomic mass is 9.91. The van der Waals surface area contributed by atoms with Crippen molar-refractivity contribution in [2.75, 3.05) is 6.54 Å². The molecule has 0 aliphatic heterocycles. The summed E-state index contributed by atoms with van der Waals surface area (Å²) >= 11 is 0. The van der Waals surface area contributed by atoms with Gasteiger partial charge in [-0.15, -0.1) is 0 Å². The van der Waals surface area contributed by atoms with Crippen molar-refractivity contribution in [3.05, 3.63) is 35.9 Å². The summed E-state index contributed by atoms with van der Waals surface area (Å²) in [5.74, 6) is 1.25.